The maximum absolute atomic E-state index is 13.2. The van der Waals surface area contributed by atoms with E-state index in [1.165, 1.54) is 0 Å². The van der Waals surface area contributed by atoms with Gasteiger partial charge in [-0.05, 0) is 35.8 Å². The van der Waals surface area contributed by atoms with E-state index in [0.717, 1.165) is 22.6 Å². The van der Waals surface area contributed by atoms with Crippen LogP contribution in [0.4, 0.5) is 0 Å². The molecular formula is C21H26N4OS. The third-order valence-corrected chi connectivity index (χ3v) is 5.95. The second-order valence-corrected chi connectivity index (χ2v) is 8.96. The van der Waals surface area contributed by atoms with Gasteiger partial charge in [0.25, 0.3) is 0 Å². The molecule has 1 aromatic rings. The number of carbonyl (C=O) groups excluding carboxylic acids is 1. The molecule has 27 heavy (non-hydrogen) atoms. The highest BCUT2D eigenvalue weighted by molar-refractivity contribution is 7.98. The summed E-state index contributed by atoms with van der Waals surface area (Å²) in [5.74, 6) is 0.110. The maximum atomic E-state index is 13.2. The van der Waals surface area contributed by atoms with Crippen LogP contribution in [0.2, 0.25) is 0 Å². The zero-order chi connectivity index (χ0) is 19.9. The van der Waals surface area contributed by atoms with Gasteiger partial charge in [-0.1, -0.05) is 26.0 Å². The molecule has 0 radical (unpaired) electrons. The first-order valence-electron chi connectivity index (χ1n) is 8.97. The van der Waals surface area contributed by atoms with Crippen LogP contribution in [0, 0.1) is 16.7 Å². The summed E-state index contributed by atoms with van der Waals surface area (Å²) in [7, 11) is 3.76. The number of carbonyl (C=O) groups is 1. The molecule has 0 bridgehead atoms. The molecule has 142 valence electrons. The topological polar surface area (TPSA) is 73.4 Å². The standard InChI is InChI=1S/C21H26N4OS/c1-21(2)10-16-19(17(26)11-21)18(13-6-8-14(27-5)9-7-13)15(12-22)20(23)25(16)24(3)4/h6-9,18H,10-11,23H2,1-5H3/t18-/m1/s1. The minimum atomic E-state index is -0.402. The van der Waals surface area contributed by atoms with Gasteiger partial charge < -0.3 is 5.73 Å². The summed E-state index contributed by atoms with van der Waals surface area (Å²) in [6.45, 7) is 4.20. The Kier molecular flexibility index (Phi) is 5.11. The van der Waals surface area contributed by atoms with Crippen LogP contribution in [0.5, 0.6) is 0 Å². The van der Waals surface area contributed by atoms with Gasteiger partial charge in [-0.2, -0.15) is 5.26 Å². The summed E-state index contributed by atoms with van der Waals surface area (Å²) in [5, 5.41) is 13.6. The fourth-order valence-electron chi connectivity index (χ4n) is 4.08. The smallest absolute Gasteiger partial charge is 0.162 e. The van der Waals surface area contributed by atoms with E-state index >= 15 is 0 Å². The molecule has 0 fully saturated rings. The van der Waals surface area contributed by atoms with Crippen molar-refractivity contribution in [1.29, 1.82) is 5.26 Å². The Morgan fingerprint density at radius 2 is 1.89 bits per heavy atom. The summed E-state index contributed by atoms with van der Waals surface area (Å²) in [6, 6.07) is 10.4. The first-order chi connectivity index (χ1) is 12.7. The summed E-state index contributed by atoms with van der Waals surface area (Å²) in [4.78, 5) is 14.4. The van der Waals surface area contributed by atoms with Crippen LogP contribution >= 0.6 is 11.8 Å². The number of hydrazine groups is 1. The summed E-state index contributed by atoms with van der Waals surface area (Å²) in [5.41, 5.74) is 9.32. The van der Waals surface area contributed by atoms with Crippen molar-refractivity contribution in [2.75, 3.05) is 20.4 Å². The van der Waals surface area contributed by atoms with E-state index in [-0.39, 0.29) is 11.2 Å². The molecule has 2 N–H and O–H groups in total. The molecule has 0 aromatic heterocycles. The largest absolute Gasteiger partial charge is 0.383 e. The molecule has 6 heteroatoms. The van der Waals surface area contributed by atoms with Gasteiger partial charge in [-0.3, -0.25) is 9.80 Å². The van der Waals surface area contributed by atoms with E-state index in [1.54, 1.807) is 11.8 Å². The molecule has 5 nitrogen and oxygen atoms in total. The number of nitriles is 1. The molecule has 1 aliphatic carbocycles. The molecule has 0 saturated heterocycles. The second kappa shape index (κ2) is 7.06. The van der Waals surface area contributed by atoms with Gasteiger partial charge in [0, 0.05) is 36.7 Å². The van der Waals surface area contributed by atoms with Gasteiger partial charge in [0.2, 0.25) is 0 Å². The van der Waals surface area contributed by atoms with Crippen molar-refractivity contribution < 1.29 is 4.79 Å². The third kappa shape index (κ3) is 3.38. The van der Waals surface area contributed by atoms with Crippen molar-refractivity contribution in [3.8, 4) is 6.07 Å². The SMILES string of the molecule is CSc1ccc([C@@H]2C(C#N)=C(N)N(N(C)C)C3=C2C(=O)CC(C)(C)C3)cc1. The van der Waals surface area contributed by atoms with Gasteiger partial charge >= 0.3 is 0 Å². The minimum absolute atomic E-state index is 0.104. The lowest BCUT2D eigenvalue weighted by atomic mass is 9.69. The quantitative estimate of drug-likeness (QED) is 0.805. The Hall–Kier alpha value is -2.23. The highest BCUT2D eigenvalue weighted by Gasteiger charge is 2.44. The number of thioether (sulfide) groups is 1. The van der Waals surface area contributed by atoms with E-state index in [4.69, 9.17) is 5.73 Å². The van der Waals surface area contributed by atoms with E-state index in [1.807, 2.05) is 54.6 Å². The average Bonchev–Trinajstić information content (AvgIpc) is 2.59. The first-order valence-corrected chi connectivity index (χ1v) is 10.2. The van der Waals surface area contributed by atoms with Crippen molar-refractivity contribution in [2.24, 2.45) is 11.1 Å². The van der Waals surface area contributed by atoms with Crippen molar-refractivity contribution in [3.63, 3.8) is 0 Å². The van der Waals surface area contributed by atoms with Crippen LogP contribution in [0.25, 0.3) is 0 Å². The van der Waals surface area contributed by atoms with Gasteiger partial charge in [0.1, 0.15) is 5.82 Å². The minimum Gasteiger partial charge on any atom is -0.383 e. The molecule has 0 spiro atoms. The van der Waals surface area contributed by atoms with Crippen LogP contribution in [-0.2, 0) is 4.79 Å². The van der Waals surface area contributed by atoms with Crippen LogP contribution in [0.3, 0.4) is 0 Å². The van der Waals surface area contributed by atoms with E-state index < -0.39 is 5.92 Å². The Balaban J connectivity index is 2.24. The molecule has 1 aromatic carbocycles. The zero-order valence-electron chi connectivity index (χ0n) is 16.5. The second-order valence-electron chi connectivity index (χ2n) is 8.08. The van der Waals surface area contributed by atoms with Crippen molar-refractivity contribution in [1.82, 2.24) is 10.0 Å². The highest BCUT2D eigenvalue weighted by atomic mass is 32.2. The van der Waals surface area contributed by atoms with Crippen LogP contribution in [0.1, 0.15) is 38.2 Å². The molecule has 0 amide bonds. The molecule has 3 rings (SSSR count). The highest BCUT2D eigenvalue weighted by Crippen LogP contribution is 2.49. The number of ketones is 1. The van der Waals surface area contributed by atoms with Crippen LogP contribution in [0.15, 0.2) is 51.8 Å². The Morgan fingerprint density at radius 3 is 2.41 bits per heavy atom. The lowest BCUT2D eigenvalue weighted by Gasteiger charge is -2.45. The fourth-order valence-corrected chi connectivity index (χ4v) is 4.49. The van der Waals surface area contributed by atoms with Gasteiger partial charge in [-0.25, -0.2) is 5.01 Å². The van der Waals surface area contributed by atoms with Crippen LogP contribution < -0.4 is 5.73 Å². The molecule has 1 aliphatic heterocycles. The average molecular weight is 383 g/mol. The number of benzene rings is 1. The number of hydrogen-bond acceptors (Lipinski definition) is 6. The third-order valence-electron chi connectivity index (χ3n) is 5.20. The maximum Gasteiger partial charge on any atom is 0.162 e. The number of nitrogens with zero attached hydrogens (tertiary/aromatic N) is 3. The number of allylic oxidation sites excluding steroid dienone is 3. The Morgan fingerprint density at radius 1 is 1.26 bits per heavy atom. The van der Waals surface area contributed by atoms with E-state index in [0.29, 0.717) is 23.4 Å². The predicted octanol–water partition coefficient (Wildman–Crippen LogP) is 3.62. The fraction of sp³-hybridized carbons (Fsp3) is 0.429. The van der Waals surface area contributed by atoms with Crippen LogP contribution in [-0.4, -0.2) is 36.2 Å². The molecular weight excluding hydrogens is 356 g/mol. The summed E-state index contributed by atoms with van der Waals surface area (Å²) >= 11 is 1.66. The lowest BCUT2D eigenvalue weighted by Crippen LogP contribution is -2.47. The van der Waals surface area contributed by atoms with Gasteiger partial charge in [0.05, 0.1) is 17.6 Å². The molecule has 1 heterocycles. The first kappa shape index (κ1) is 19.5. The molecule has 1 atom stereocenters. The Labute approximate surface area is 165 Å². The Bertz CT molecular complexity index is 874. The molecule has 0 unspecified atom stereocenters. The lowest BCUT2D eigenvalue weighted by molar-refractivity contribution is -0.119. The summed E-state index contributed by atoms with van der Waals surface area (Å²) < 4.78 is 0. The number of Topliss-reactive ketones (excluding diaryl/α,β-unsaturated/α-hetero) is 1. The van der Waals surface area contributed by atoms with Crippen molar-refractivity contribution >= 4 is 17.5 Å². The van der Waals surface area contributed by atoms with Crippen molar-refractivity contribution in [2.45, 2.75) is 37.5 Å². The van der Waals surface area contributed by atoms with Gasteiger partial charge in [-0.15, -0.1) is 11.8 Å². The molecule has 2 aliphatic rings. The number of hydrogen-bond donors (Lipinski definition) is 1. The normalized spacial score (nSPS) is 22.2. The number of nitrogens with two attached hydrogens (primary N) is 1. The molecule has 0 saturated carbocycles. The predicted molar refractivity (Wildman–Crippen MR) is 108 cm³/mol. The number of rotatable bonds is 3. The summed E-state index contributed by atoms with van der Waals surface area (Å²) in [6.07, 6.45) is 3.24. The van der Waals surface area contributed by atoms with Crippen molar-refractivity contribution in [3.05, 3.63) is 52.5 Å². The monoisotopic (exact) mass is 382 g/mol. The van der Waals surface area contributed by atoms with Gasteiger partial charge in [0.15, 0.2) is 5.78 Å². The van der Waals surface area contributed by atoms with E-state index in [2.05, 4.69) is 19.9 Å². The van der Waals surface area contributed by atoms with E-state index in [9.17, 15) is 10.1 Å². The zero-order valence-corrected chi connectivity index (χ0v) is 17.4.